The number of rotatable bonds is 3. The van der Waals surface area contributed by atoms with Crippen LogP contribution in [0, 0.1) is 0 Å². The van der Waals surface area contributed by atoms with E-state index in [2.05, 4.69) is 0 Å². The van der Waals surface area contributed by atoms with Gasteiger partial charge in [0.15, 0.2) is 11.5 Å². The molecule has 4 heteroatoms. The summed E-state index contributed by atoms with van der Waals surface area (Å²) < 4.78 is 10.3. The number of carboxylic acid groups (broad SMARTS) is 1. The Morgan fingerprint density at radius 2 is 2.00 bits per heavy atom. The Morgan fingerprint density at radius 3 is 2.53 bits per heavy atom. The van der Waals surface area contributed by atoms with E-state index in [0.29, 0.717) is 22.6 Å². The minimum atomic E-state index is -0.922. The monoisotopic (exact) mass is 206 g/mol. The van der Waals surface area contributed by atoms with E-state index in [-0.39, 0.29) is 0 Å². The highest BCUT2D eigenvalue weighted by atomic mass is 16.5. The van der Waals surface area contributed by atoms with Crippen LogP contribution in [0.3, 0.4) is 0 Å². The summed E-state index contributed by atoms with van der Waals surface area (Å²) in [7, 11) is 3.08. The SMILES string of the molecule is COc1ccc2c(c1OC)C=C2C(=O)O. The van der Waals surface area contributed by atoms with Gasteiger partial charge in [0.25, 0.3) is 0 Å². The van der Waals surface area contributed by atoms with Crippen LogP contribution in [0.25, 0.3) is 11.6 Å². The molecule has 1 aromatic rings. The van der Waals surface area contributed by atoms with Gasteiger partial charge in [-0.1, -0.05) is 0 Å². The van der Waals surface area contributed by atoms with Gasteiger partial charge in [-0.25, -0.2) is 4.79 Å². The van der Waals surface area contributed by atoms with E-state index >= 15 is 0 Å². The number of carboxylic acids is 1. The molecule has 0 unspecified atom stereocenters. The summed E-state index contributed by atoms with van der Waals surface area (Å²) in [6, 6.07) is 3.42. The summed E-state index contributed by atoms with van der Waals surface area (Å²) in [5, 5.41) is 8.83. The number of aliphatic carboxylic acids is 1. The van der Waals surface area contributed by atoms with Crippen molar-refractivity contribution >= 4 is 17.6 Å². The van der Waals surface area contributed by atoms with Crippen LogP contribution in [-0.4, -0.2) is 25.3 Å². The molecule has 4 nitrogen and oxygen atoms in total. The fourth-order valence-corrected chi connectivity index (χ4v) is 1.65. The molecule has 0 amide bonds. The molecule has 2 rings (SSSR count). The van der Waals surface area contributed by atoms with Crippen LogP contribution < -0.4 is 9.47 Å². The number of carbonyl (C=O) groups is 1. The first-order valence-corrected chi connectivity index (χ1v) is 4.39. The third-order valence-electron chi connectivity index (χ3n) is 2.39. The molecule has 1 aliphatic rings. The molecule has 15 heavy (non-hydrogen) atoms. The molecule has 0 saturated carbocycles. The zero-order valence-electron chi connectivity index (χ0n) is 8.40. The quantitative estimate of drug-likeness (QED) is 0.816. The average molecular weight is 206 g/mol. The van der Waals surface area contributed by atoms with Crippen LogP contribution in [-0.2, 0) is 4.79 Å². The summed E-state index contributed by atoms with van der Waals surface area (Å²) in [5.74, 6) is 0.270. The standard InChI is InChI=1S/C11H10O4/c1-14-9-4-3-6-7(10(9)15-2)5-8(6)11(12)13/h3-5H,1-2H3,(H,12,13). The molecule has 0 bridgehead atoms. The van der Waals surface area contributed by atoms with Crippen LogP contribution in [0.15, 0.2) is 12.1 Å². The zero-order chi connectivity index (χ0) is 11.0. The summed E-state index contributed by atoms with van der Waals surface area (Å²) in [4.78, 5) is 10.8. The van der Waals surface area contributed by atoms with Gasteiger partial charge in [-0.05, 0) is 18.2 Å². The van der Waals surface area contributed by atoms with E-state index in [1.807, 2.05) is 0 Å². The van der Waals surface area contributed by atoms with Gasteiger partial charge >= 0.3 is 5.97 Å². The summed E-state index contributed by atoms with van der Waals surface area (Å²) in [5.41, 5.74) is 1.79. The van der Waals surface area contributed by atoms with Crippen LogP contribution >= 0.6 is 0 Å². The van der Waals surface area contributed by atoms with Crippen molar-refractivity contribution in [2.75, 3.05) is 14.2 Å². The zero-order valence-corrected chi connectivity index (χ0v) is 8.40. The van der Waals surface area contributed by atoms with Gasteiger partial charge < -0.3 is 14.6 Å². The highest BCUT2D eigenvalue weighted by Gasteiger charge is 2.27. The van der Waals surface area contributed by atoms with Crippen LogP contribution in [0.1, 0.15) is 11.1 Å². The predicted molar refractivity (Wildman–Crippen MR) is 55.1 cm³/mol. The van der Waals surface area contributed by atoms with Crippen molar-refractivity contribution in [2.45, 2.75) is 0 Å². The molecule has 0 aromatic heterocycles. The van der Waals surface area contributed by atoms with E-state index < -0.39 is 5.97 Å². The fraction of sp³-hybridized carbons (Fsp3) is 0.182. The molecule has 1 aliphatic carbocycles. The molecule has 1 aromatic carbocycles. The maximum atomic E-state index is 10.8. The Balaban J connectivity index is 2.50. The smallest absolute Gasteiger partial charge is 0.336 e. The number of benzene rings is 1. The van der Waals surface area contributed by atoms with E-state index in [0.717, 1.165) is 5.56 Å². The first-order valence-electron chi connectivity index (χ1n) is 4.39. The van der Waals surface area contributed by atoms with E-state index in [4.69, 9.17) is 14.6 Å². The number of hydrogen-bond donors (Lipinski definition) is 1. The molecular formula is C11H10O4. The van der Waals surface area contributed by atoms with Crippen LogP contribution in [0.4, 0.5) is 0 Å². The Morgan fingerprint density at radius 1 is 1.27 bits per heavy atom. The molecular weight excluding hydrogens is 196 g/mol. The van der Waals surface area contributed by atoms with Gasteiger partial charge in [-0.3, -0.25) is 0 Å². The molecule has 0 atom stereocenters. The lowest BCUT2D eigenvalue weighted by Crippen LogP contribution is -2.10. The van der Waals surface area contributed by atoms with E-state index in [1.54, 1.807) is 25.3 Å². The van der Waals surface area contributed by atoms with Crippen molar-refractivity contribution in [3.8, 4) is 11.5 Å². The predicted octanol–water partition coefficient (Wildman–Crippen LogP) is 1.64. The van der Waals surface area contributed by atoms with E-state index in [1.165, 1.54) is 7.11 Å². The molecule has 78 valence electrons. The second-order valence-electron chi connectivity index (χ2n) is 3.13. The highest BCUT2D eigenvalue weighted by molar-refractivity contribution is 6.27. The van der Waals surface area contributed by atoms with Gasteiger partial charge in [-0.15, -0.1) is 0 Å². The maximum Gasteiger partial charge on any atom is 0.336 e. The first-order chi connectivity index (χ1) is 7.19. The Bertz CT molecular complexity index is 460. The maximum absolute atomic E-state index is 10.8. The fourth-order valence-electron chi connectivity index (χ4n) is 1.65. The van der Waals surface area contributed by atoms with Crippen molar-refractivity contribution in [3.63, 3.8) is 0 Å². The van der Waals surface area contributed by atoms with Gasteiger partial charge in [0.05, 0.1) is 19.8 Å². The lowest BCUT2D eigenvalue weighted by atomic mass is 9.87. The van der Waals surface area contributed by atoms with Crippen LogP contribution in [0.2, 0.25) is 0 Å². The summed E-state index contributed by atoms with van der Waals surface area (Å²) in [6.07, 6.45) is 1.58. The second kappa shape index (κ2) is 3.31. The topological polar surface area (TPSA) is 55.8 Å². The summed E-state index contributed by atoms with van der Waals surface area (Å²) >= 11 is 0. The van der Waals surface area contributed by atoms with Crippen molar-refractivity contribution in [1.29, 1.82) is 0 Å². The first kappa shape index (κ1) is 9.58. The minimum Gasteiger partial charge on any atom is -0.493 e. The normalized spacial score (nSPS) is 12.3. The molecule has 0 heterocycles. The highest BCUT2D eigenvalue weighted by Crippen LogP contribution is 2.43. The third-order valence-corrected chi connectivity index (χ3v) is 2.39. The molecule has 0 saturated heterocycles. The summed E-state index contributed by atoms with van der Waals surface area (Å²) in [6.45, 7) is 0. The molecule has 0 fully saturated rings. The Labute approximate surface area is 86.7 Å². The van der Waals surface area contributed by atoms with Crippen molar-refractivity contribution in [2.24, 2.45) is 0 Å². The van der Waals surface area contributed by atoms with Gasteiger partial charge in [0.2, 0.25) is 0 Å². The Kier molecular flexibility index (Phi) is 2.11. The van der Waals surface area contributed by atoms with Crippen molar-refractivity contribution in [3.05, 3.63) is 23.3 Å². The number of hydrogen-bond acceptors (Lipinski definition) is 3. The number of methoxy groups -OCH3 is 2. The second-order valence-corrected chi connectivity index (χ2v) is 3.13. The molecule has 1 N–H and O–H groups in total. The molecule has 0 spiro atoms. The third kappa shape index (κ3) is 1.26. The largest absolute Gasteiger partial charge is 0.493 e. The van der Waals surface area contributed by atoms with E-state index in [9.17, 15) is 4.79 Å². The Hall–Kier alpha value is -1.97. The molecule has 0 radical (unpaired) electrons. The van der Waals surface area contributed by atoms with Gasteiger partial charge in [-0.2, -0.15) is 0 Å². The van der Waals surface area contributed by atoms with Crippen LogP contribution in [0.5, 0.6) is 11.5 Å². The molecule has 0 aliphatic heterocycles. The van der Waals surface area contributed by atoms with Crippen molar-refractivity contribution in [1.82, 2.24) is 0 Å². The number of ether oxygens (including phenoxy) is 2. The van der Waals surface area contributed by atoms with Gasteiger partial charge in [0.1, 0.15) is 0 Å². The van der Waals surface area contributed by atoms with Crippen molar-refractivity contribution < 1.29 is 19.4 Å². The average Bonchev–Trinajstić information content (AvgIpc) is 2.18. The van der Waals surface area contributed by atoms with Gasteiger partial charge in [0, 0.05) is 11.1 Å². The lowest BCUT2D eigenvalue weighted by Gasteiger charge is -2.21. The lowest BCUT2D eigenvalue weighted by molar-refractivity contribution is -0.130. The minimum absolute atomic E-state index is 0.311. The number of fused-ring (bicyclic) bond motifs is 1.